The van der Waals surface area contributed by atoms with Crippen LogP contribution in [0.25, 0.3) is 0 Å². The first-order valence-electron chi connectivity index (χ1n) is 3.98. The van der Waals surface area contributed by atoms with Crippen molar-refractivity contribution >= 4 is 5.91 Å². The molecular weight excluding hydrogens is 168 g/mol. The van der Waals surface area contributed by atoms with Gasteiger partial charge in [-0.05, 0) is 5.92 Å². The lowest BCUT2D eigenvalue weighted by atomic mass is 10.1. The monoisotopic (exact) mass is 180 g/mol. The van der Waals surface area contributed by atoms with Gasteiger partial charge in [0.1, 0.15) is 0 Å². The van der Waals surface area contributed by atoms with Crippen molar-refractivity contribution in [2.24, 2.45) is 5.84 Å². The molecule has 0 atom stereocenters. The lowest BCUT2D eigenvalue weighted by Gasteiger charge is -2.07. The van der Waals surface area contributed by atoms with E-state index in [-0.39, 0.29) is 5.92 Å². The zero-order chi connectivity index (χ0) is 9.84. The van der Waals surface area contributed by atoms with E-state index in [1.54, 1.807) is 6.20 Å². The van der Waals surface area contributed by atoms with Crippen molar-refractivity contribution in [3.8, 4) is 0 Å². The normalized spacial score (nSPS) is 10.2. The van der Waals surface area contributed by atoms with E-state index < -0.39 is 5.91 Å². The Morgan fingerprint density at radius 1 is 1.46 bits per heavy atom. The summed E-state index contributed by atoms with van der Waals surface area (Å²) in [5.41, 5.74) is 2.98. The highest BCUT2D eigenvalue weighted by Gasteiger charge is 2.14. The molecule has 0 saturated carbocycles. The second-order valence-electron chi connectivity index (χ2n) is 2.92. The number of nitrogens with two attached hydrogens (primary N) is 1. The fourth-order valence-corrected chi connectivity index (χ4v) is 1.01. The molecule has 3 N–H and O–H groups in total. The topological polar surface area (TPSA) is 80.9 Å². The molecule has 0 aliphatic carbocycles. The standard InChI is InChI=1S/C8H12N4O/c1-5(2)6-7(8(13)12-9)11-4-3-10-6/h3-5H,9H2,1-2H3,(H,12,13). The molecule has 0 radical (unpaired) electrons. The van der Waals surface area contributed by atoms with Crippen LogP contribution in [0.4, 0.5) is 0 Å². The smallest absolute Gasteiger partial charge is 0.285 e. The molecule has 0 fully saturated rings. The van der Waals surface area contributed by atoms with Crippen LogP contribution < -0.4 is 11.3 Å². The van der Waals surface area contributed by atoms with Gasteiger partial charge in [-0.1, -0.05) is 13.8 Å². The fourth-order valence-electron chi connectivity index (χ4n) is 1.01. The summed E-state index contributed by atoms with van der Waals surface area (Å²) in [6.45, 7) is 3.88. The van der Waals surface area contributed by atoms with Crippen molar-refractivity contribution in [2.45, 2.75) is 19.8 Å². The quantitative estimate of drug-likeness (QED) is 0.387. The van der Waals surface area contributed by atoms with E-state index >= 15 is 0 Å². The Morgan fingerprint density at radius 2 is 2.08 bits per heavy atom. The summed E-state index contributed by atoms with van der Waals surface area (Å²) in [5, 5.41) is 0. The van der Waals surface area contributed by atoms with Gasteiger partial charge in [0.2, 0.25) is 0 Å². The SMILES string of the molecule is CC(C)c1nccnc1C(=O)NN. The lowest BCUT2D eigenvalue weighted by molar-refractivity contribution is 0.0946. The Balaban J connectivity index is 3.12. The van der Waals surface area contributed by atoms with Crippen LogP contribution in [0.2, 0.25) is 0 Å². The maximum Gasteiger partial charge on any atom is 0.285 e. The highest BCUT2D eigenvalue weighted by atomic mass is 16.2. The van der Waals surface area contributed by atoms with Gasteiger partial charge >= 0.3 is 0 Å². The number of amides is 1. The molecule has 0 bridgehead atoms. The van der Waals surface area contributed by atoms with Crippen molar-refractivity contribution in [1.82, 2.24) is 15.4 Å². The molecule has 0 saturated heterocycles. The van der Waals surface area contributed by atoms with Crippen molar-refractivity contribution in [2.75, 3.05) is 0 Å². The van der Waals surface area contributed by atoms with E-state index in [0.29, 0.717) is 11.4 Å². The molecule has 1 aromatic heterocycles. The van der Waals surface area contributed by atoms with Gasteiger partial charge in [-0.15, -0.1) is 0 Å². The number of nitrogens with zero attached hydrogens (tertiary/aromatic N) is 2. The largest absolute Gasteiger partial charge is 0.289 e. The van der Waals surface area contributed by atoms with Gasteiger partial charge in [-0.2, -0.15) is 0 Å². The number of hydrogen-bond acceptors (Lipinski definition) is 4. The third-order valence-electron chi connectivity index (χ3n) is 1.62. The molecule has 70 valence electrons. The van der Waals surface area contributed by atoms with E-state index in [1.165, 1.54) is 6.20 Å². The molecule has 1 aromatic rings. The molecule has 5 nitrogen and oxygen atoms in total. The minimum Gasteiger partial charge on any atom is -0.289 e. The van der Waals surface area contributed by atoms with Crippen molar-refractivity contribution in [3.63, 3.8) is 0 Å². The molecule has 0 unspecified atom stereocenters. The summed E-state index contributed by atoms with van der Waals surface area (Å²) in [6, 6.07) is 0. The predicted octanol–water partition coefficient (Wildman–Crippen LogP) is 0.204. The number of carbonyl (C=O) groups is 1. The zero-order valence-corrected chi connectivity index (χ0v) is 7.61. The molecule has 0 spiro atoms. The molecule has 1 rings (SSSR count). The first kappa shape index (κ1) is 9.60. The summed E-state index contributed by atoms with van der Waals surface area (Å²) in [4.78, 5) is 19.2. The van der Waals surface area contributed by atoms with Gasteiger partial charge in [0.25, 0.3) is 5.91 Å². The predicted molar refractivity (Wildman–Crippen MR) is 47.8 cm³/mol. The highest BCUT2D eigenvalue weighted by molar-refractivity contribution is 5.92. The maximum absolute atomic E-state index is 11.2. The van der Waals surface area contributed by atoms with Gasteiger partial charge < -0.3 is 0 Å². The summed E-state index contributed by atoms with van der Waals surface area (Å²) in [7, 11) is 0. The van der Waals surface area contributed by atoms with Crippen LogP contribution in [-0.2, 0) is 0 Å². The van der Waals surface area contributed by atoms with Gasteiger partial charge in [0.05, 0.1) is 5.69 Å². The average Bonchev–Trinajstić information content (AvgIpc) is 2.16. The second-order valence-corrected chi connectivity index (χ2v) is 2.92. The maximum atomic E-state index is 11.2. The van der Waals surface area contributed by atoms with Crippen LogP contribution in [0.5, 0.6) is 0 Å². The lowest BCUT2D eigenvalue weighted by Crippen LogP contribution is -2.32. The third kappa shape index (κ3) is 2.00. The molecule has 1 heterocycles. The molecule has 0 aliphatic heterocycles. The molecule has 13 heavy (non-hydrogen) atoms. The zero-order valence-electron chi connectivity index (χ0n) is 7.61. The van der Waals surface area contributed by atoms with E-state index in [9.17, 15) is 4.79 Å². The number of rotatable bonds is 2. The van der Waals surface area contributed by atoms with Crippen LogP contribution in [0.1, 0.15) is 35.9 Å². The summed E-state index contributed by atoms with van der Waals surface area (Å²) in [5.74, 6) is 4.75. The molecule has 1 amide bonds. The first-order valence-corrected chi connectivity index (χ1v) is 3.98. The Hall–Kier alpha value is -1.49. The van der Waals surface area contributed by atoms with E-state index in [2.05, 4.69) is 9.97 Å². The van der Waals surface area contributed by atoms with Gasteiger partial charge in [0, 0.05) is 12.4 Å². The summed E-state index contributed by atoms with van der Waals surface area (Å²) >= 11 is 0. The van der Waals surface area contributed by atoms with Crippen LogP contribution in [0.3, 0.4) is 0 Å². The van der Waals surface area contributed by atoms with Crippen molar-refractivity contribution in [1.29, 1.82) is 0 Å². The number of hydrazine groups is 1. The van der Waals surface area contributed by atoms with Gasteiger partial charge in [-0.25, -0.2) is 10.8 Å². The Labute approximate surface area is 76.4 Å². The minimum atomic E-state index is -0.406. The minimum absolute atomic E-state index is 0.154. The molecule has 0 aliphatic rings. The molecule has 5 heteroatoms. The summed E-state index contributed by atoms with van der Waals surface area (Å²) in [6.07, 6.45) is 3.03. The third-order valence-corrected chi connectivity index (χ3v) is 1.62. The highest BCUT2D eigenvalue weighted by Crippen LogP contribution is 2.13. The number of nitrogens with one attached hydrogen (secondary N) is 1. The van der Waals surface area contributed by atoms with Gasteiger partial charge in [-0.3, -0.25) is 15.2 Å². The number of hydrogen-bond donors (Lipinski definition) is 2. The Bertz CT molecular complexity index is 311. The van der Waals surface area contributed by atoms with Crippen LogP contribution in [0.15, 0.2) is 12.4 Å². The molecular formula is C8H12N4O. The summed E-state index contributed by atoms with van der Waals surface area (Å²) < 4.78 is 0. The first-order chi connectivity index (χ1) is 6.16. The van der Waals surface area contributed by atoms with Crippen LogP contribution >= 0.6 is 0 Å². The molecule has 0 aromatic carbocycles. The fraction of sp³-hybridized carbons (Fsp3) is 0.375. The number of carbonyl (C=O) groups excluding carboxylic acids is 1. The van der Waals surface area contributed by atoms with Gasteiger partial charge in [0.15, 0.2) is 5.69 Å². The Morgan fingerprint density at radius 3 is 2.62 bits per heavy atom. The van der Waals surface area contributed by atoms with E-state index in [4.69, 9.17) is 5.84 Å². The average molecular weight is 180 g/mol. The van der Waals surface area contributed by atoms with Crippen LogP contribution in [0, 0.1) is 0 Å². The van der Waals surface area contributed by atoms with Crippen LogP contribution in [-0.4, -0.2) is 15.9 Å². The Kier molecular flexibility index (Phi) is 2.92. The number of aromatic nitrogens is 2. The van der Waals surface area contributed by atoms with E-state index in [0.717, 1.165) is 0 Å². The number of nitrogen functional groups attached to an aromatic ring is 1. The van der Waals surface area contributed by atoms with Crippen molar-refractivity contribution < 1.29 is 4.79 Å². The second kappa shape index (κ2) is 3.95. The van der Waals surface area contributed by atoms with E-state index in [1.807, 2.05) is 19.3 Å². The van der Waals surface area contributed by atoms with Crippen molar-refractivity contribution in [3.05, 3.63) is 23.8 Å².